The van der Waals surface area contributed by atoms with E-state index in [4.69, 9.17) is 21.7 Å². The van der Waals surface area contributed by atoms with Crippen molar-refractivity contribution in [2.45, 2.75) is 13.5 Å². The summed E-state index contributed by atoms with van der Waals surface area (Å²) in [6.45, 7) is 2.29. The van der Waals surface area contributed by atoms with Gasteiger partial charge >= 0.3 is 5.97 Å². The number of carboxylic acids is 1. The van der Waals surface area contributed by atoms with Crippen LogP contribution in [0.25, 0.3) is 6.08 Å². The summed E-state index contributed by atoms with van der Waals surface area (Å²) in [6.07, 6.45) is 1.39. The van der Waals surface area contributed by atoms with E-state index in [0.717, 1.165) is 10.5 Å². The molecular formula is C28H21N3O6S. The van der Waals surface area contributed by atoms with Crippen molar-refractivity contribution in [3.63, 3.8) is 0 Å². The number of carboxylic acid groups (broad SMARTS) is 1. The predicted octanol–water partition coefficient (Wildman–Crippen LogP) is 4.07. The average Bonchev–Trinajstić information content (AvgIpc) is 2.91. The number of anilines is 1. The topological polar surface area (TPSA) is 129 Å². The number of hydrogen-bond donors (Lipinski definition) is 2. The van der Waals surface area contributed by atoms with Crippen LogP contribution in [-0.4, -0.2) is 34.6 Å². The fraction of sp³-hybridized carbons (Fsp3) is 0.107. The third kappa shape index (κ3) is 5.53. The zero-order chi connectivity index (χ0) is 27.2. The molecule has 38 heavy (non-hydrogen) atoms. The highest BCUT2D eigenvalue weighted by Gasteiger charge is 2.34. The first-order chi connectivity index (χ1) is 18.3. The Hall–Kier alpha value is -5.01. The SMILES string of the molecule is CCOc1cc(C=C2C(=O)NC(=S)N(c3cccc(C(=O)O)c3)C2=O)ccc1OCc1ccccc1C#N. The van der Waals surface area contributed by atoms with Crippen LogP contribution >= 0.6 is 12.2 Å². The Balaban J connectivity index is 1.63. The van der Waals surface area contributed by atoms with Crippen LogP contribution in [0, 0.1) is 11.3 Å². The molecule has 0 aromatic heterocycles. The smallest absolute Gasteiger partial charge is 0.335 e. The Morgan fingerprint density at radius 2 is 1.87 bits per heavy atom. The molecule has 10 heteroatoms. The lowest BCUT2D eigenvalue weighted by Crippen LogP contribution is -2.54. The van der Waals surface area contributed by atoms with Crippen molar-refractivity contribution in [2.24, 2.45) is 0 Å². The number of thiocarbonyl (C=S) groups is 1. The van der Waals surface area contributed by atoms with Gasteiger partial charge < -0.3 is 14.6 Å². The maximum Gasteiger partial charge on any atom is 0.335 e. The molecule has 2 N–H and O–H groups in total. The van der Waals surface area contributed by atoms with Crippen molar-refractivity contribution in [3.05, 3.63) is 94.6 Å². The molecule has 0 aliphatic carbocycles. The first-order valence-corrected chi connectivity index (χ1v) is 11.9. The third-order valence-electron chi connectivity index (χ3n) is 5.55. The number of carbonyl (C=O) groups excluding carboxylic acids is 2. The maximum absolute atomic E-state index is 13.3. The maximum atomic E-state index is 13.3. The largest absolute Gasteiger partial charge is 0.490 e. The first kappa shape index (κ1) is 26.1. The molecule has 1 fully saturated rings. The summed E-state index contributed by atoms with van der Waals surface area (Å²) in [4.78, 5) is 38.4. The van der Waals surface area contributed by atoms with E-state index in [1.165, 1.54) is 30.3 Å². The number of aromatic carboxylic acids is 1. The highest BCUT2D eigenvalue weighted by molar-refractivity contribution is 7.80. The highest BCUT2D eigenvalue weighted by atomic mass is 32.1. The Bertz CT molecular complexity index is 1520. The first-order valence-electron chi connectivity index (χ1n) is 11.4. The van der Waals surface area contributed by atoms with Crippen LogP contribution in [-0.2, 0) is 16.2 Å². The minimum absolute atomic E-state index is 0.0325. The van der Waals surface area contributed by atoms with Gasteiger partial charge in [0.2, 0.25) is 0 Å². The third-order valence-corrected chi connectivity index (χ3v) is 5.84. The van der Waals surface area contributed by atoms with Crippen molar-refractivity contribution in [2.75, 3.05) is 11.5 Å². The van der Waals surface area contributed by atoms with Gasteiger partial charge in [0, 0.05) is 5.56 Å². The summed E-state index contributed by atoms with van der Waals surface area (Å²) < 4.78 is 11.6. The number of amides is 2. The van der Waals surface area contributed by atoms with Crippen LogP contribution in [0.1, 0.15) is 34.0 Å². The second-order valence-corrected chi connectivity index (χ2v) is 8.40. The van der Waals surface area contributed by atoms with E-state index >= 15 is 0 Å². The van der Waals surface area contributed by atoms with E-state index in [0.29, 0.717) is 29.2 Å². The predicted molar refractivity (Wildman–Crippen MR) is 143 cm³/mol. The van der Waals surface area contributed by atoms with Gasteiger partial charge in [0.1, 0.15) is 12.2 Å². The van der Waals surface area contributed by atoms with Crippen LogP contribution in [0.5, 0.6) is 11.5 Å². The fourth-order valence-corrected chi connectivity index (χ4v) is 4.03. The van der Waals surface area contributed by atoms with Crippen LogP contribution in [0.3, 0.4) is 0 Å². The summed E-state index contributed by atoms with van der Waals surface area (Å²) in [5.74, 6) is -1.73. The second kappa shape index (κ2) is 11.4. The van der Waals surface area contributed by atoms with Crippen molar-refractivity contribution >= 4 is 46.9 Å². The number of hydrogen-bond acceptors (Lipinski definition) is 7. The number of ether oxygens (including phenoxy) is 2. The van der Waals surface area contributed by atoms with Crippen LogP contribution in [0.2, 0.25) is 0 Å². The number of nitrogens with zero attached hydrogens (tertiary/aromatic N) is 2. The minimum atomic E-state index is -1.16. The molecule has 0 unspecified atom stereocenters. The normalized spacial score (nSPS) is 14.2. The molecule has 3 aromatic rings. The van der Waals surface area contributed by atoms with E-state index in [1.807, 2.05) is 13.0 Å². The van der Waals surface area contributed by atoms with Gasteiger partial charge in [-0.15, -0.1) is 0 Å². The van der Waals surface area contributed by atoms with Crippen LogP contribution in [0.15, 0.2) is 72.3 Å². The second-order valence-electron chi connectivity index (χ2n) is 8.01. The van der Waals surface area contributed by atoms with Gasteiger partial charge in [0.15, 0.2) is 16.6 Å². The Morgan fingerprint density at radius 1 is 1.08 bits per heavy atom. The summed E-state index contributed by atoms with van der Waals surface area (Å²) in [5.41, 5.74) is 1.69. The van der Waals surface area contributed by atoms with Crippen molar-refractivity contribution in [1.82, 2.24) is 5.32 Å². The molecule has 1 aliphatic rings. The lowest BCUT2D eigenvalue weighted by Gasteiger charge is -2.29. The monoisotopic (exact) mass is 527 g/mol. The fourth-order valence-electron chi connectivity index (χ4n) is 3.75. The van der Waals surface area contributed by atoms with Gasteiger partial charge in [0.05, 0.1) is 29.5 Å². The van der Waals surface area contributed by atoms with Gasteiger partial charge in [0.25, 0.3) is 11.8 Å². The van der Waals surface area contributed by atoms with Crippen molar-refractivity contribution in [1.29, 1.82) is 5.26 Å². The molecule has 3 aromatic carbocycles. The number of carbonyl (C=O) groups is 3. The highest BCUT2D eigenvalue weighted by Crippen LogP contribution is 2.31. The zero-order valence-corrected chi connectivity index (χ0v) is 21.0. The van der Waals surface area contributed by atoms with Gasteiger partial charge in [-0.2, -0.15) is 5.26 Å². The molecule has 0 spiro atoms. The summed E-state index contributed by atoms with van der Waals surface area (Å²) >= 11 is 5.19. The van der Waals surface area contributed by atoms with E-state index in [1.54, 1.807) is 36.4 Å². The molecular weight excluding hydrogens is 506 g/mol. The molecule has 0 atom stereocenters. The summed E-state index contributed by atoms with van der Waals surface area (Å²) in [6, 6.07) is 19.8. The van der Waals surface area contributed by atoms with E-state index in [2.05, 4.69) is 11.4 Å². The number of rotatable bonds is 8. The number of nitrogens with one attached hydrogen (secondary N) is 1. The Morgan fingerprint density at radius 3 is 2.61 bits per heavy atom. The van der Waals surface area contributed by atoms with E-state index in [-0.39, 0.29) is 28.5 Å². The molecule has 0 saturated carbocycles. The van der Waals surface area contributed by atoms with Crippen LogP contribution in [0.4, 0.5) is 5.69 Å². The van der Waals surface area contributed by atoms with Crippen LogP contribution < -0.4 is 19.7 Å². The van der Waals surface area contributed by atoms with Crippen molar-refractivity contribution in [3.8, 4) is 17.6 Å². The minimum Gasteiger partial charge on any atom is -0.490 e. The molecule has 2 amide bonds. The Kier molecular flexibility index (Phi) is 7.80. The molecule has 1 heterocycles. The zero-order valence-electron chi connectivity index (χ0n) is 20.1. The van der Waals surface area contributed by atoms with Gasteiger partial charge in [-0.05, 0) is 67.2 Å². The molecule has 1 aliphatic heterocycles. The average molecular weight is 528 g/mol. The van der Waals surface area contributed by atoms with Crippen molar-refractivity contribution < 1.29 is 29.0 Å². The van der Waals surface area contributed by atoms with E-state index in [9.17, 15) is 24.8 Å². The summed E-state index contributed by atoms with van der Waals surface area (Å²) in [5, 5.41) is 20.9. The van der Waals surface area contributed by atoms with E-state index < -0.39 is 17.8 Å². The lowest BCUT2D eigenvalue weighted by atomic mass is 10.1. The number of nitriles is 1. The standard InChI is InChI=1S/C28H21N3O6S/c1-2-36-24-13-17(10-11-23(24)37-16-20-7-4-3-6-19(20)15-29)12-22-25(32)30-28(38)31(26(22)33)21-9-5-8-18(14-21)27(34)35/h3-14H,2,16H2,1H3,(H,34,35)(H,30,32,38). The van der Waals surface area contributed by atoms with Gasteiger partial charge in [-0.3, -0.25) is 19.8 Å². The molecule has 9 nitrogen and oxygen atoms in total. The van der Waals surface area contributed by atoms with Gasteiger partial charge in [-0.25, -0.2) is 4.79 Å². The van der Waals surface area contributed by atoms with Gasteiger partial charge in [-0.1, -0.05) is 30.3 Å². The molecule has 4 rings (SSSR count). The lowest BCUT2D eigenvalue weighted by molar-refractivity contribution is -0.122. The quantitative estimate of drug-likeness (QED) is 0.255. The molecule has 0 bridgehead atoms. The molecule has 1 saturated heterocycles. The Labute approximate surface area is 223 Å². The number of benzene rings is 3. The molecule has 0 radical (unpaired) electrons. The summed E-state index contributed by atoms with van der Waals surface area (Å²) in [7, 11) is 0. The molecule has 190 valence electrons.